The molecule has 1 amide bonds. The minimum absolute atomic E-state index is 0.0759. The first-order valence-electron chi connectivity index (χ1n) is 8.91. The fourth-order valence-corrected chi connectivity index (χ4v) is 2.75. The average molecular weight is 428 g/mol. The first-order valence-corrected chi connectivity index (χ1v) is 9.29. The lowest BCUT2D eigenvalue weighted by Gasteiger charge is -2.09. The molecule has 1 aromatic heterocycles. The number of amides is 1. The summed E-state index contributed by atoms with van der Waals surface area (Å²) in [6.07, 6.45) is 3.14. The number of ether oxygens (including phenoxy) is 1. The molecule has 3 rings (SSSR count). The van der Waals surface area contributed by atoms with Crippen LogP contribution in [-0.2, 0) is 4.79 Å². The number of carbonyl (C=O) groups is 1. The lowest BCUT2D eigenvalue weighted by atomic mass is 10.2. The van der Waals surface area contributed by atoms with Gasteiger partial charge in [0.2, 0.25) is 5.76 Å². The number of aryl methyl sites for hydroxylation is 2. The highest BCUT2D eigenvalue weighted by Crippen LogP contribution is 2.25. The molecule has 0 aliphatic carbocycles. The van der Waals surface area contributed by atoms with Crippen molar-refractivity contribution in [3.8, 4) is 5.75 Å². The van der Waals surface area contributed by atoms with Gasteiger partial charge in [0.1, 0.15) is 5.75 Å². The number of nitrogens with one attached hydrogen (secondary N) is 1. The molecule has 1 heterocycles. The van der Waals surface area contributed by atoms with Crippen LogP contribution < -0.4 is 10.1 Å². The number of rotatable bonds is 7. The summed E-state index contributed by atoms with van der Waals surface area (Å²) in [7, 11) is 0. The summed E-state index contributed by atoms with van der Waals surface area (Å²) < 4.78 is 10.5. The second-order valence-corrected chi connectivity index (χ2v) is 6.85. The quantitative estimate of drug-likeness (QED) is 0.418. The van der Waals surface area contributed by atoms with Gasteiger partial charge >= 0.3 is 5.69 Å². The number of nitro groups is 1. The molecule has 0 unspecified atom stereocenters. The van der Waals surface area contributed by atoms with Gasteiger partial charge < -0.3 is 14.6 Å². The minimum atomic E-state index is -0.529. The molecule has 0 aliphatic heterocycles. The highest BCUT2D eigenvalue weighted by molar-refractivity contribution is 6.31. The van der Waals surface area contributed by atoms with E-state index in [1.54, 1.807) is 48.5 Å². The number of anilines is 1. The van der Waals surface area contributed by atoms with E-state index in [-0.39, 0.29) is 29.7 Å². The molecular formula is C21H18ClN3O5. The molecule has 3 aromatic rings. The summed E-state index contributed by atoms with van der Waals surface area (Å²) in [6, 6.07) is 12.1. The molecule has 8 nitrogen and oxygen atoms in total. The monoisotopic (exact) mass is 427 g/mol. The van der Waals surface area contributed by atoms with Crippen LogP contribution in [-0.4, -0.2) is 22.6 Å². The largest absolute Gasteiger partial charge is 0.484 e. The maximum absolute atomic E-state index is 12.0. The van der Waals surface area contributed by atoms with Crippen molar-refractivity contribution in [1.82, 2.24) is 5.16 Å². The maximum atomic E-state index is 12.0. The summed E-state index contributed by atoms with van der Waals surface area (Å²) in [4.78, 5) is 22.6. The molecule has 0 atom stereocenters. The van der Waals surface area contributed by atoms with Crippen LogP contribution in [0.2, 0.25) is 5.02 Å². The maximum Gasteiger partial charge on any atom is 0.338 e. The van der Waals surface area contributed by atoms with Gasteiger partial charge in [-0.2, -0.15) is 0 Å². The summed E-state index contributed by atoms with van der Waals surface area (Å²) in [5.74, 6) is 0.289. The number of hydrogen-bond acceptors (Lipinski definition) is 6. The minimum Gasteiger partial charge on any atom is -0.484 e. The Morgan fingerprint density at radius 2 is 1.97 bits per heavy atom. The lowest BCUT2D eigenvalue weighted by molar-refractivity contribution is -0.386. The lowest BCUT2D eigenvalue weighted by Crippen LogP contribution is -2.20. The van der Waals surface area contributed by atoms with Crippen molar-refractivity contribution in [3.05, 3.63) is 80.2 Å². The van der Waals surface area contributed by atoms with Gasteiger partial charge in [0, 0.05) is 10.7 Å². The Morgan fingerprint density at radius 3 is 2.63 bits per heavy atom. The molecule has 0 aliphatic rings. The van der Waals surface area contributed by atoms with Gasteiger partial charge in [0.15, 0.2) is 12.3 Å². The zero-order chi connectivity index (χ0) is 21.7. The summed E-state index contributed by atoms with van der Waals surface area (Å²) in [5, 5.41) is 18.0. The van der Waals surface area contributed by atoms with Crippen molar-refractivity contribution in [2.45, 2.75) is 13.8 Å². The molecule has 30 heavy (non-hydrogen) atoms. The molecule has 9 heteroatoms. The SMILES string of the molecule is Cc1cc(NC(=O)COc2ccc(/C=C/c3onc(C)c3[N+](=O)[O-])cc2)ccc1Cl. The van der Waals surface area contributed by atoms with Crippen molar-refractivity contribution >= 4 is 41.0 Å². The second-order valence-electron chi connectivity index (χ2n) is 6.44. The van der Waals surface area contributed by atoms with Crippen LogP contribution in [0.4, 0.5) is 11.4 Å². The van der Waals surface area contributed by atoms with E-state index in [0.29, 0.717) is 16.5 Å². The first-order chi connectivity index (χ1) is 14.3. The van der Waals surface area contributed by atoms with Crippen molar-refractivity contribution in [2.24, 2.45) is 0 Å². The van der Waals surface area contributed by atoms with Crippen LogP contribution in [0.5, 0.6) is 5.75 Å². The van der Waals surface area contributed by atoms with Crippen molar-refractivity contribution in [2.75, 3.05) is 11.9 Å². The molecule has 0 spiro atoms. The standard InChI is InChI=1S/C21H18ClN3O5/c1-13-11-16(6-9-18(13)22)23-20(26)12-29-17-7-3-15(4-8-17)5-10-19-21(25(27)28)14(2)24-30-19/h3-11H,12H2,1-2H3,(H,23,26)/b10-5+. The predicted molar refractivity (Wildman–Crippen MR) is 114 cm³/mol. The van der Waals surface area contributed by atoms with E-state index in [1.165, 1.54) is 13.0 Å². The van der Waals surface area contributed by atoms with Crippen LogP contribution in [0.3, 0.4) is 0 Å². The van der Waals surface area contributed by atoms with Gasteiger partial charge in [0.05, 0.1) is 4.92 Å². The first kappa shape index (κ1) is 21.1. The van der Waals surface area contributed by atoms with Gasteiger partial charge in [-0.15, -0.1) is 0 Å². The smallest absolute Gasteiger partial charge is 0.338 e. The van der Waals surface area contributed by atoms with E-state index in [1.807, 2.05) is 6.92 Å². The highest BCUT2D eigenvalue weighted by atomic mass is 35.5. The number of carbonyl (C=O) groups excluding carboxylic acids is 1. The number of nitrogens with zero attached hydrogens (tertiary/aromatic N) is 2. The molecular weight excluding hydrogens is 410 g/mol. The number of benzene rings is 2. The molecule has 154 valence electrons. The van der Waals surface area contributed by atoms with Crippen LogP contribution in [0, 0.1) is 24.0 Å². The van der Waals surface area contributed by atoms with Crippen molar-refractivity contribution in [3.63, 3.8) is 0 Å². The number of aromatic nitrogens is 1. The molecule has 0 saturated carbocycles. The van der Waals surface area contributed by atoms with Crippen LogP contribution in [0.1, 0.15) is 22.6 Å². The third kappa shape index (κ3) is 5.24. The van der Waals surface area contributed by atoms with E-state index in [4.69, 9.17) is 20.9 Å². The number of halogens is 1. The van der Waals surface area contributed by atoms with Crippen molar-refractivity contribution < 1.29 is 19.0 Å². The fourth-order valence-electron chi connectivity index (χ4n) is 2.63. The van der Waals surface area contributed by atoms with E-state index in [9.17, 15) is 14.9 Å². The van der Waals surface area contributed by atoms with Crippen LogP contribution >= 0.6 is 11.6 Å². The van der Waals surface area contributed by atoms with E-state index in [2.05, 4.69) is 10.5 Å². The molecule has 0 radical (unpaired) electrons. The predicted octanol–water partition coefficient (Wildman–Crippen LogP) is 5.04. The molecule has 1 N–H and O–H groups in total. The summed E-state index contributed by atoms with van der Waals surface area (Å²) in [5.41, 5.74) is 2.34. The Kier molecular flexibility index (Phi) is 6.48. The Labute approximate surface area is 177 Å². The van der Waals surface area contributed by atoms with Crippen LogP contribution in [0.25, 0.3) is 12.2 Å². The van der Waals surface area contributed by atoms with Gasteiger partial charge in [-0.1, -0.05) is 35.0 Å². The Hall–Kier alpha value is -3.65. The van der Waals surface area contributed by atoms with Gasteiger partial charge in [-0.3, -0.25) is 14.9 Å². The number of hydrogen-bond donors (Lipinski definition) is 1. The zero-order valence-electron chi connectivity index (χ0n) is 16.2. The zero-order valence-corrected chi connectivity index (χ0v) is 17.0. The Morgan fingerprint density at radius 1 is 1.23 bits per heavy atom. The van der Waals surface area contributed by atoms with E-state index < -0.39 is 4.92 Å². The molecule has 0 saturated heterocycles. The van der Waals surface area contributed by atoms with Gasteiger partial charge in [-0.25, -0.2) is 0 Å². The second kappa shape index (κ2) is 9.23. The van der Waals surface area contributed by atoms with Gasteiger partial charge in [-0.05, 0) is 61.4 Å². The molecule has 0 fully saturated rings. The third-order valence-corrected chi connectivity index (χ3v) is 4.58. The van der Waals surface area contributed by atoms with E-state index >= 15 is 0 Å². The van der Waals surface area contributed by atoms with Crippen molar-refractivity contribution in [1.29, 1.82) is 0 Å². The third-order valence-electron chi connectivity index (χ3n) is 4.16. The Balaban J connectivity index is 1.56. The average Bonchev–Trinajstić information content (AvgIpc) is 3.09. The summed E-state index contributed by atoms with van der Waals surface area (Å²) in [6.45, 7) is 3.21. The molecule has 0 bridgehead atoms. The Bertz CT molecular complexity index is 1110. The van der Waals surface area contributed by atoms with E-state index in [0.717, 1.165) is 11.1 Å². The molecule has 2 aromatic carbocycles. The van der Waals surface area contributed by atoms with Crippen LogP contribution in [0.15, 0.2) is 47.0 Å². The van der Waals surface area contributed by atoms with Gasteiger partial charge in [0.25, 0.3) is 5.91 Å². The highest BCUT2D eigenvalue weighted by Gasteiger charge is 2.21. The fraction of sp³-hybridized carbons (Fsp3) is 0.143. The normalized spacial score (nSPS) is 10.9. The topological polar surface area (TPSA) is 108 Å². The summed E-state index contributed by atoms with van der Waals surface area (Å²) >= 11 is 5.97.